The minimum absolute atomic E-state index is 0.130. The van der Waals surface area contributed by atoms with E-state index >= 15 is 0 Å². The van der Waals surface area contributed by atoms with Crippen molar-refractivity contribution in [3.05, 3.63) is 59.2 Å². The quantitative estimate of drug-likeness (QED) is 0.802. The molecule has 0 atom stereocenters. The molecule has 0 fully saturated rings. The Morgan fingerprint density at radius 2 is 2.05 bits per heavy atom. The van der Waals surface area contributed by atoms with Gasteiger partial charge in [0, 0.05) is 16.1 Å². The maximum absolute atomic E-state index is 12.2. The largest absolute Gasteiger partial charge is 0.324 e. The first-order valence-electron chi connectivity index (χ1n) is 6.60. The molecular weight excluding hydrogens is 286 g/mol. The molecule has 2 aromatic carbocycles. The van der Waals surface area contributed by atoms with Crippen LogP contribution in [0.25, 0.3) is 10.9 Å². The van der Waals surface area contributed by atoms with Crippen LogP contribution in [-0.2, 0) is 11.3 Å². The molecule has 0 saturated carbocycles. The van der Waals surface area contributed by atoms with Crippen molar-refractivity contribution in [2.45, 2.75) is 13.5 Å². The summed E-state index contributed by atoms with van der Waals surface area (Å²) in [5.74, 6) is -0.130. The number of nitrogens with zero attached hydrogens (tertiary/aromatic N) is 2. The van der Waals surface area contributed by atoms with Crippen LogP contribution in [-0.4, -0.2) is 15.7 Å². The third-order valence-corrected chi connectivity index (χ3v) is 3.80. The van der Waals surface area contributed by atoms with Crippen LogP contribution in [0.15, 0.2) is 48.7 Å². The Hall–Kier alpha value is -2.33. The topological polar surface area (TPSA) is 46.9 Å². The van der Waals surface area contributed by atoms with Gasteiger partial charge in [-0.05, 0) is 30.7 Å². The average molecular weight is 300 g/mol. The summed E-state index contributed by atoms with van der Waals surface area (Å²) in [6, 6.07) is 13.2. The maximum atomic E-state index is 12.2. The second-order valence-corrected chi connectivity index (χ2v) is 5.23. The molecule has 0 spiro atoms. The molecule has 0 radical (unpaired) electrons. The maximum Gasteiger partial charge on any atom is 0.246 e. The third kappa shape index (κ3) is 2.76. The number of carbonyl (C=O) groups is 1. The number of hydrogen-bond acceptors (Lipinski definition) is 2. The molecule has 0 aliphatic heterocycles. The second-order valence-electron chi connectivity index (χ2n) is 4.82. The van der Waals surface area contributed by atoms with E-state index in [2.05, 4.69) is 10.4 Å². The number of anilines is 1. The lowest BCUT2D eigenvalue weighted by Gasteiger charge is -2.10. The summed E-state index contributed by atoms with van der Waals surface area (Å²) in [6.45, 7) is 2.04. The number of fused-ring (bicyclic) bond motifs is 1. The standard InChI is InChI=1S/C16H14ClN3O/c1-11-13(17)6-4-7-14(11)19-16(21)10-20-15-8-3-2-5-12(15)9-18-20/h2-9H,10H2,1H3,(H,19,21). The normalized spacial score (nSPS) is 10.8. The minimum Gasteiger partial charge on any atom is -0.324 e. The van der Waals surface area contributed by atoms with E-state index in [0.717, 1.165) is 22.2 Å². The van der Waals surface area contributed by atoms with Crippen molar-refractivity contribution < 1.29 is 4.79 Å². The number of para-hydroxylation sites is 1. The molecule has 1 aromatic heterocycles. The molecule has 1 N–H and O–H groups in total. The Bertz CT molecular complexity index is 810. The Kier molecular flexibility index (Phi) is 3.62. The highest BCUT2D eigenvalue weighted by Crippen LogP contribution is 2.23. The summed E-state index contributed by atoms with van der Waals surface area (Å²) < 4.78 is 1.69. The molecule has 0 aliphatic carbocycles. The monoisotopic (exact) mass is 299 g/mol. The first-order valence-corrected chi connectivity index (χ1v) is 6.98. The van der Waals surface area contributed by atoms with Gasteiger partial charge in [0.2, 0.25) is 5.91 Å². The van der Waals surface area contributed by atoms with Crippen molar-refractivity contribution in [2.75, 3.05) is 5.32 Å². The van der Waals surface area contributed by atoms with Crippen LogP contribution in [0.1, 0.15) is 5.56 Å². The van der Waals surface area contributed by atoms with E-state index < -0.39 is 0 Å². The fourth-order valence-electron chi connectivity index (χ4n) is 2.22. The predicted molar refractivity (Wildman–Crippen MR) is 84.6 cm³/mol. The molecule has 0 bridgehead atoms. The van der Waals surface area contributed by atoms with E-state index in [1.807, 2.05) is 43.3 Å². The van der Waals surface area contributed by atoms with Gasteiger partial charge in [0.25, 0.3) is 0 Å². The van der Waals surface area contributed by atoms with Gasteiger partial charge in [-0.2, -0.15) is 5.10 Å². The molecule has 5 heteroatoms. The molecule has 0 aliphatic rings. The van der Waals surface area contributed by atoms with Gasteiger partial charge in [0.1, 0.15) is 6.54 Å². The zero-order chi connectivity index (χ0) is 14.8. The molecule has 1 heterocycles. The van der Waals surface area contributed by atoms with Crippen molar-refractivity contribution in [3.63, 3.8) is 0 Å². The number of halogens is 1. The average Bonchev–Trinajstić information content (AvgIpc) is 2.87. The Labute approximate surface area is 127 Å². The van der Waals surface area contributed by atoms with Gasteiger partial charge in [-0.3, -0.25) is 9.48 Å². The molecule has 4 nitrogen and oxygen atoms in total. The van der Waals surface area contributed by atoms with E-state index in [-0.39, 0.29) is 12.5 Å². The van der Waals surface area contributed by atoms with Gasteiger partial charge in [-0.1, -0.05) is 35.9 Å². The van der Waals surface area contributed by atoms with Crippen LogP contribution < -0.4 is 5.32 Å². The summed E-state index contributed by atoms with van der Waals surface area (Å²) in [5.41, 5.74) is 2.53. The van der Waals surface area contributed by atoms with Crippen LogP contribution in [0.5, 0.6) is 0 Å². The van der Waals surface area contributed by atoms with E-state index in [1.165, 1.54) is 0 Å². The number of benzene rings is 2. The van der Waals surface area contributed by atoms with Crippen molar-refractivity contribution in [1.29, 1.82) is 0 Å². The number of nitrogens with one attached hydrogen (secondary N) is 1. The number of amides is 1. The molecule has 106 valence electrons. The Morgan fingerprint density at radius 1 is 1.24 bits per heavy atom. The molecule has 1 amide bonds. The minimum atomic E-state index is -0.130. The summed E-state index contributed by atoms with van der Waals surface area (Å²) >= 11 is 6.05. The van der Waals surface area contributed by atoms with Crippen molar-refractivity contribution in [2.24, 2.45) is 0 Å². The lowest BCUT2D eigenvalue weighted by atomic mass is 10.2. The molecule has 3 rings (SSSR count). The van der Waals surface area contributed by atoms with Gasteiger partial charge in [0.05, 0.1) is 11.7 Å². The summed E-state index contributed by atoms with van der Waals surface area (Å²) in [4.78, 5) is 12.2. The van der Waals surface area contributed by atoms with E-state index in [9.17, 15) is 4.79 Å². The first-order chi connectivity index (χ1) is 10.1. The van der Waals surface area contributed by atoms with Gasteiger partial charge in [-0.15, -0.1) is 0 Å². The van der Waals surface area contributed by atoms with Crippen molar-refractivity contribution in [1.82, 2.24) is 9.78 Å². The van der Waals surface area contributed by atoms with Gasteiger partial charge in [-0.25, -0.2) is 0 Å². The molecule has 0 unspecified atom stereocenters. The SMILES string of the molecule is Cc1c(Cl)cccc1NC(=O)Cn1ncc2ccccc21. The van der Waals surface area contributed by atoms with E-state index in [0.29, 0.717) is 5.02 Å². The van der Waals surface area contributed by atoms with Gasteiger partial charge >= 0.3 is 0 Å². The number of carbonyl (C=O) groups excluding carboxylic acids is 1. The van der Waals surface area contributed by atoms with Gasteiger partial charge in [0.15, 0.2) is 0 Å². The van der Waals surface area contributed by atoms with E-state index in [4.69, 9.17) is 11.6 Å². The van der Waals surface area contributed by atoms with Crippen LogP contribution in [0.2, 0.25) is 5.02 Å². The lowest BCUT2D eigenvalue weighted by Crippen LogP contribution is -2.19. The molecule has 3 aromatic rings. The molecular formula is C16H14ClN3O. The van der Waals surface area contributed by atoms with Crippen molar-refractivity contribution in [3.8, 4) is 0 Å². The fraction of sp³-hybridized carbons (Fsp3) is 0.125. The van der Waals surface area contributed by atoms with Crippen molar-refractivity contribution >= 4 is 34.1 Å². The van der Waals surface area contributed by atoms with Gasteiger partial charge < -0.3 is 5.32 Å². The van der Waals surface area contributed by atoms with Crippen LogP contribution in [0.3, 0.4) is 0 Å². The summed E-state index contributed by atoms with van der Waals surface area (Å²) in [6.07, 6.45) is 1.76. The highest BCUT2D eigenvalue weighted by molar-refractivity contribution is 6.31. The summed E-state index contributed by atoms with van der Waals surface area (Å²) in [5, 5.41) is 8.77. The van der Waals surface area contributed by atoms with E-state index in [1.54, 1.807) is 16.9 Å². The number of hydrogen-bond donors (Lipinski definition) is 1. The Balaban J connectivity index is 1.79. The summed E-state index contributed by atoms with van der Waals surface area (Å²) in [7, 11) is 0. The highest BCUT2D eigenvalue weighted by Gasteiger charge is 2.09. The predicted octanol–water partition coefficient (Wildman–Crippen LogP) is 3.64. The lowest BCUT2D eigenvalue weighted by molar-refractivity contribution is -0.116. The number of rotatable bonds is 3. The number of aromatic nitrogens is 2. The second kappa shape index (κ2) is 5.58. The third-order valence-electron chi connectivity index (χ3n) is 3.39. The van der Waals surface area contributed by atoms with Crippen LogP contribution >= 0.6 is 11.6 Å². The smallest absolute Gasteiger partial charge is 0.246 e. The Morgan fingerprint density at radius 3 is 2.90 bits per heavy atom. The molecule has 21 heavy (non-hydrogen) atoms. The highest BCUT2D eigenvalue weighted by atomic mass is 35.5. The molecule has 0 saturated heterocycles. The van der Waals surface area contributed by atoms with Crippen LogP contribution in [0, 0.1) is 6.92 Å². The zero-order valence-electron chi connectivity index (χ0n) is 11.5. The zero-order valence-corrected chi connectivity index (χ0v) is 12.3. The first kappa shape index (κ1) is 13.6. The van der Waals surface area contributed by atoms with Crippen LogP contribution in [0.4, 0.5) is 5.69 Å². The fourth-order valence-corrected chi connectivity index (χ4v) is 2.40.